The zero-order valence-corrected chi connectivity index (χ0v) is 19.3. The highest BCUT2D eigenvalue weighted by molar-refractivity contribution is 5.94. The second-order valence-electron chi connectivity index (χ2n) is 9.99. The van der Waals surface area contributed by atoms with Gasteiger partial charge in [0.25, 0.3) is 5.91 Å². The second-order valence-corrected chi connectivity index (χ2v) is 9.99. The number of imidazole rings is 1. The summed E-state index contributed by atoms with van der Waals surface area (Å²) in [6.07, 6.45) is 9.66. The molecule has 1 aliphatic carbocycles. The third kappa shape index (κ3) is 3.84. The van der Waals surface area contributed by atoms with E-state index in [0.717, 1.165) is 48.8 Å². The van der Waals surface area contributed by atoms with Gasteiger partial charge >= 0.3 is 0 Å². The van der Waals surface area contributed by atoms with Crippen LogP contribution in [0.25, 0.3) is 11.4 Å². The van der Waals surface area contributed by atoms with Crippen molar-refractivity contribution in [2.45, 2.75) is 76.4 Å². The van der Waals surface area contributed by atoms with E-state index in [2.05, 4.69) is 9.47 Å². The van der Waals surface area contributed by atoms with Crippen LogP contribution < -0.4 is 0 Å². The standard InChI is InChI=1S/C26H34N4O2/c1-28(2)26(32)24-22-16-20-13-14-21(30(20)23(31)15-12-18-8-6-7-9-18)17-29(22)25(27-24)19-10-4-3-5-11-19/h3-5,10-11,18,20-21H,6-9,12-17H2,1-2H3/t20-,21+/m0/s1. The molecule has 5 rings (SSSR count). The first kappa shape index (κ1) is 21.2. The number of fused-ring (bicyclic) bond motifs is 3. The summed E-state index contributed by atoms with van der Waals surface area (Å²) >= 11 is 0. The molecular weight excluding hydrogens is 400 g/mol. The average molecular weight is 435 g/mol. The Balaban J connectivity index is 1.46. The molecule has 1 saturated heterocycles. The van der Waals surface area contributed by atoms with Crippen LogP contribution in [0.2, 0.25) is 0 Å². The number of nitrogens with zero attached hydrogens (tertiary/aromatic N) is 4. The summed E-state index contributed by atoms with van der Waals surface area (Å²) in [4.78, 5) is 35.0. The maximum atomic E-state index is 13.3. The molecule has 3 aliphatic rings. The molecule has 6 nitrogen and oxygen atoms in total. The number of carbonyl (C=O) groups is 2. The van der Waals surface area contributed by atoms with Gasteiger partial charge in [0.1, 0.15) is 11.5 Å². The van der Waals surface area contributed by atoms with Gasteiger partial charge in [-0.05, 0) is 25.2 Å². The van der Waals surface area contributed by atoms with E-state index in [9.17, 15) is 9.59 Å². The molecule has 6 heteroatoms. The highest BCUT2D eigenvalue weighted by Gasteiger charge is 2.42. The molecule has 170 valence electrons. The quantitative estimate of drug-likeness (QED) is 0.711. The van der Waals surface area contributed by atoms with Crippen molar-refractivity contribution in [2.24, 2.45) is 5.92 Å². The van der Waals surface area contributed by atoms with Gasteiger partial charge in [-0.15, -0.1) is 0 Å². The van der Waals surface area contributed by atoms with Gasteiger partial charge in [-0.3, -0.25) is 9.59 Å². The Morgan fingerprint density at radius 3 is 2.47 bits per heavy atom. The number of amides is 2. The minimum atomic E-state index is -0.0622. The summed E-state index contributed by atoms with van der Waals surface area (Å²) in [6, 6.07) is 10.5. The van der Waals surface area contributed by atoms with Crippen LogP contribution in [0, 0.1) is 5.92 Å². The fourth-order valence-corrected chi connectivity index (χ4v) is 6.02. The monoisotopic (exact) mass is 434 g/mol. The van der Waals surface area contributed by atoms with E-state index in [-0.39, 0.29) is 18.0 Å². The Labute approximate surface area is 190 Å². The van der Waals surface area contributed by atoms with Gasteiger partial charge in [-0.1, -0.05) is 56.0 Å². The molecular formula is C26H34N4O2. The van der Waals surface area contributed by atoms with E-state index in [1.165, 1.54) is 25.7 Å². The molecule has 2 amide bonds. The smallest absolute Gasteiger partial charge is 0.273 e. The Kier molecular flexibility index (Phi) is 5.78. The van der Waals surface area contributed by atoms with Crippen molar-refractivity contribution in [3.05, 3.63) is 41.7 Å². The van der Waals surface area contributed by atoms with Crippen molar-refractivity contribution in [3.8, 4) is 11.4 Å². The zero-order chi connectivity index (χ0) is 22.2. The molecule has 2 atom stereocenters. The maximum Gasteiger partial charge on any atom is 0.273 e. The first-order chi connectivity index (χ1) is 15.5. The number of benzene rings is 1. The highest BCUT2D eigenvalue weighted by atomic mass is 16.2. The third-order valence-electron chi connectivity index (χ3n) is 7.68. The zero-order valence-electron chi connectivity index (χ0n) is 19.3. The van der Waals surface area contributed by atoms with Crippen LogP contribution in [0.3, 0.4) is 0 Å². The van der Waals surface area contributed by atoms with E-state index >= 15 is 0 Å². The van der Waals surface area contributed by atoms with Crippen molar-refractivity contribution in [2.75, 3.05) is 14.1 Å². The third-order valence-corrected chi connectivity index (χ3v) is 7.68. The molecule has 1 saturated carbocycles. The van der Waals surface area contributed by atoms with Gasteiger partial charge in [-0.2, -0.15) is 0 Å². The van der Waals surface area contributed by atoms with Gasteiger partial charge in [-0.25, -0.2) is 4.98 Å². The Bertz CT molecular complexity index is 991. The van der Waals surface area contributed by atoms with Crippen molar-refractivity contribution in [3.63, 3.8) is 0 Å². The fraction of sp³-hybridized carbons (Fsp3) is 0.577. The number of hydrogen-bond acceptors (Lipinski definition) is 3. The first-order valence-electron chi connectivity index (χ1n) is 12.2. The Hall–Kier alpha value is -2.63. The molecule has 2 bridgehead atoms. The molecule has 3 heterocycles. The van der Waals surface area contributed by atoms with E-state index < -0.39 is 0 Å². The van der Waals surface area contributed by atoms with Crippen LogP contribution in [-0.2, 0) is 17.8 Å². The first-order valence-corrected chi connectivity index (χ1v) is 12.2. The van der Waals surface area contributed by atoms with Crippen LogP contribution in [-0.4, -0.2) is 57.3 Å². The van der Waals surface area contributed by atoms with Crippen molar-refractivity contribution in [1.82, 2.24) is 19.4 Å². The van der Waals surface area contributed by atoms with E-state index in [1.807, 2.05) is 30.3 Å². The molecule has 1 aromatic heterocycles. The van der Waals surface area contributed by atoms with Gasteiger partial charge in [0.15, 0.2) is 0 Å². The normalized spacial score (nSPS) is 22.6. The number of rotatable bonds is 5. The molecule has 0 unspecified atom stereocenters. The lowest BCUT2D eigenvalue weighted by atomic mass is 10.0. The number of carbonyl (C=O) groups excluding carboxylic acids is 2. The van der Waals surface area contributed by atoms with E-state index in [1.54, 1.807) is 19.0 Å². The molecule has 2 aromatic rings. The predicted molar refractivity (Wildman–Crippen MR) is 124 cm³/mol. The SMILES string of the molecule is CN(C)C(=O)c1nc(-c2ccccc2)n2c1C[C@@H]1CC[C@H](C2)N1C(=O)CCC1CCCC1. The van der Waals surface area contributed by atoms with Crippen LogP contribution in [0.4, 0.5) is 0 Å². The highest BCUT2D eigenvalue weighted by Crippen LogP contribution is 2.37. The topological polar surface area (TPSA) is 58.4 Å². The maximum absolute atomic E-state index is 13.3. The minimum Gasteiger partial charge on any atom is -0.343 e. The molecule has 2 fully saturated rings. The minimum absolute atomic E-state index is 0.0622. The van der Waals surface area contributed by atoms with Crippen LogP contribution in [0.15, 0.2) is 30.3 Å². The van der Waals surface area contributed by atoms with Gasteiger partial charge in [0.2, 0.25) is 5.91 Å². The lowest BCUT2D eigenvalue weighted by Crippen LogP contribution is -2.42. The lowest BCUT2D eigenvalue weighted by molar-refractivity contribution is -0.134. The summed E-state index contributed by atoms with van der Waals surface area (Å²) < 4.78 is 2.23. The molecule has 0 radical (unpaired) electrons. The molecule has 0 spiro atoms. The van der Waals surface area contributed by atoms with Crippen LogP contribution in [0.1, 0.15) is 67.5 Å². The average Bonchev–Trinajstić information content (AvgIpc) is 3.50. The van der Waals surface area contributed by atoms with Gasteiger partial charge in [0, 0.05) is 45.1 Å². The van der Waals surface area contributed by atoms with Crippen molar-refractivity contribution in [1.29, 1.82) is 0 Å². The summed E-state index contributed by atoms with van der Waals surface area (Å²) in [5.74, 6) is 1.82. The largest absolute Gasteiger partial charge is 0.343 e. The molecule has 32 heavy (non-hydrogen) atoms. The second kappa shape index (κ2) is 8.72. The lowest BCUT2D eigenvalue weighted by Gasteiger charge is -2.28. The summed E-state index contributed by atoms with van der Waals surface area (Å²) in [7, 11) is 3.55. The summed E-state index contributed by atoms with van der Waals surface area (Å²) in [5.41, 5.74) is 2.55. The summed E-state index contributed by atoms with van der Waals surface area (Å²) in [6.45, 7) is 0.721. The van der Waals surface area contributed by atoms with Crippen LogP contribution in [0.5, 0.6) is 0 Å². The van der Waals surface area contributed by atoms with E-state index in [0.29, 0.717) is 24.4 Å². The Morgan fingerprint density at radius 1 is 1.03 bits per heavy atom. The Morgan fingerprint density at radius 2 is 1.75 bits per heavy atom. The van der Waals surface area contributed by atoms with E-state index in [4.69, 9.17) is 4.98 Å². The van der Waals surface area contributed by atoms with Crippen LogP contribution >= 0.6 is 0 Å². The van der Waals surface area contributed by atoms with Crippen molar-refractivity contribution < 1.29 is 9.59 Å². The van der Waals surface area contributed by atoms with Gasteiger partial charge < -0.3 is 14.4 Å². The molecule has 2 aliphatic heterocycles. The van der Waals surface area contributed by atoms with Crippen molar-refractivity contribution >= 4 is 11.8 Å². The number of aromatic nitrogens is 2. The molecule has 0 N–H and O–H groups in total. The fourth-order valence-electron chi connectivity index (χ4n) is 6.02. The summed E-state index contributed by atoms with van der Waals surface area (Å²) in [5, 5.41) is 0. The predicted octanol–water partition coefficient (Wildman–Crippen LogP) is 4.14. The molecule has 1 aromatic carbocycles. The van der Waals surface area contributed by atoms with Gasteiger partial charge in [0.05, 0.1) is 11.7 Å². The number of hydrogen-bond donors (Lipinski definition) is 0.